The molecule has 1 aliphatic carbocycles. The number of nitrogens with one attached hydrogen (secondary N) is 1. The number of benzene rings is 2. The molecular weight excluding hydrogens is 494 g/mol. The number of hydrogen-bond donors (Lipinski definition) is 1. The van der Waals surface area contributed by atoms with Crippen LogP contribution in [0.1, 0.15) is 46.8 Å². The molecule has 0 bridgehead atoms. The molecule has 0 radical (unpaired) electrons. The average molecular weight is 524 g/mol. The van der Waals surface area contributed by atoms with Gasteiger partial charge in [-0.2, -0.15) is 5.26 Å². The molecular formula is C30H29N5O2S. The molecule has 5 rings (SSSR count). The predicted octanol–water partition coefficient (Wildman–Crippen LogP) is 5.14. The van der Waals surface area contributed by atoms with Gasteiger partial charge >= 0.3 is 0 Å². The lowest BCUT2D eigenvalue weighted by Gasteiger charge is -2.25. The fourth-order valence-electron chi connectivity index (χ4n) is 5.00. The van der Waals surface area contributed by atoms with Gasteiger partial charge in [0.1, 0.15) is 16.8 Å². The van der Waals surface area contributed by atoms with Crippen LogP contribution in [0.4, 0.5) is 5.69 Å². The van der Waals surface area contributed by atoms with Gasteiger partial charge in [0.2, 0.25) is 5.91 Å². The van der Waals surface area contributed by atoms with Crippen LogP contribution in [0.3, 0.4) is 0 Å². The standard InChI is InChI=1S/C30H29N5O2S/c1-20-28(30(37)35(34(20)2)25-11-7-4-8-12-25)33-27(36)15-16-38-29-24(19-31)18-23-17-22(13-14-26(23)32-29)21-9-5-3-6-10-21/h3-12,18,22H,13-17H2,1-2H3,(H,33,36). The molecule has 1 atom stereocenters. The second-order valence-corrected chi connectivity index (χ2v) is 10.6. The first-order chi connectivity index (χ1) is 18.5. The third-order valence-corrected chi connectivity index (χ3v) is 8.12. The van der Waals surface area contributed by atoms with Crippen molar-refractivity contribution in [2.75, 3.05) is 11.1 Å². The Morgan fingerprint density at radius 2 is 1.87 bits per heavy atom. The van der Waals surface area contributed by atoms with Crippen LogP contribution in [0.15, 0.2) is 76.6 Å². The molecule has 192 valence electrons. The van der Waals surface area contributed by atoms with Gasteiger partial charge in [-0.25, -0.2) is 9.67 Å². The van der Waals surface area contributed by atoms with E-state index in [1.165, 1.54) is 22.0 Å². The summed E-state index contributed by atoms with van der Waals surface area (Å²) in [5.41, 5.74) is 5.48. The Morgan fingerprint density at radius 3 is 2.58 bits per heavy atom. The van der Waals surface area contributed by atoms with Gasteiger partial charge in [0.25, 0.3) is 5.56 Å². The topological polar surface area (TPSA) is 92.7 Å². The summed E-state index contributed by atoms with van der Waals surface area (Å²) in [4.78, 5) is 30.6. The van der Waals surface area contributed by atoms with Crippen molar-refractivity contribution in [1.29, 1.82) is 5.26 Å². The van der Waals surface area contributed by atoms with E-state index in [4.69, 9.17) is 4.98 Å². The first-order valence-electron chi connectivity index (χ1n) is 12.7. The molecule has 0 fully saturated rings. The third kappa shape index (κ3) is 5.15. The van der Waals surface area contributed by atoms with Crippen LogP contribution in [0.25, 0.3) is 5.69 Å². The number of pyridine rings is 1. The van der Waals surface area contributed by atoms with Crippen molar-refractivity contribution in [2.45, 2.75) is 43.6 Å². The highest BCUT2D eigenvalue weighted by atomic mass is 32.2. The summed E-state index contributed by atoms with van der Waals surface area (Å²) in [6.45, 7) is 1.81. The molecule has 1 N–H and O–H groups in total. The van der Waals surface area contributed by atoms with Crippen LogP contribution in [-0.4, -0.2) is 26.0 Å². The third-order valence-electron chi connectivity index (χ3n) is 7.13. The first-order valence-corrected chi connectivity index (χ1v) is 13.7. The maximum absolute atomic E-state index is 13.1. The summed E-state index contributed by atoms with van der Waals surface area (Å²) >= 11 is 1.41. The van der Waals surface area contributed by atoms with Gasteiger partial charge < -0.3 is 5.32 Å². The number of nitrogens with zero attached hydrogens (tertiary/aromatic N) is 4. The number of aromatic nitrogens is 3. The molecule has 0 spiro atoms. The fraction of sp³-hybridized carbons (Fsp3) is 0.267. The monoisotopic (exact) mass is 523 g/mol. The van der Waals surface area contributed by atoms with Crippen LogP contribution in [0, 0.1) is 18.3 Å². The van der Waals surface area contributed by atoms with Crippen molar-refractivity contribution in [2.24, 2.45) is 7.05 Å². The minimum Gasteiger partial charge on any atom is -0.320 e. The van der Waals surface area contributed by atoms with Gasteiger partial charge in [-0.3, -0.25) is 14.3 Å². The quantitative estimate of drug-likeness (QED) is 0.339. The molecule has 38 heavy (non-hydrogen) atoms. The number of nitriles is 1. The van der Waals surface area contributed by atoms with Gasteiger partial charge in [0, 0.05) is 24.9 Å². The molecule has 8 heteroatoms. The Kier molecular flexibility index (Phi) is 7.47. The Morgan fingerprint density at radius 1 is 1.16 bits per heavy atom. The predicted molar refractivity (Wildman–Crippen MR) is 150 cm³/mol. The van der Waals surface area contributed by atoms with E-state index >= 15 is 0 Å². The lowest BCUT2D eigenvalue weighted by molar-refractivity contribution is -0.115. The molecule has 4 aromatic rings. The molecule has 2 aromatic heterocycles. The van der Waals surface area contributed by atoms with E-state index < -0.39 is 0 Å². The number of anilines is 1. The second-order valence-electron chi connectivity index (χ2n) is 9.49. The Labute approximate surface area is 226 Å². The molecule has 0 saturated carbocycles. The van der Waals surface area contributed by atoms with Crippen molar-refractivity contribution in [3.63, 3.8) is 0 Å². The van der Waals surface area contributed by atoms with Crippen LogP contribution in [0.2, 0.25) is 0 Å². The normalized spacial score (nSPS) is 14.5. The summed E-state index contributed by atoms with van der Waals surface area (Å²) in [6.07, 6.45) is 2.98. The number of fused-ring (bicyclic) bond motifs is 1. The summed E-state index contributed by atoms with van der Waals surface area (Å²) < 4.78 is 3.28. The lowest BCUT2D eigenvalue weighted by Crippen LogP contribution is -2.23. The lowest BCUT2D eigenvalue weighted by atomic mass is 9.82. The van der Waals surface area contributed by atoms with Gasteiger partial charge in [-0.1, -0.05) is 48.5 Å². The highest BCUT2D eigenvalue weighted by Gasteiger charge is 2.23. The highest BCUT2D eigenvalue weighted by Crippen LogP contribution is 2.34. The summed E-state index contributed by atoms with van der Waals surface area (Å²) in [5.74, 6) is 0.648. The largest absolute Gasteiger partial charge is 0.320 e. The van der Waals surface area contributed by atoms with Crippen LogP contribution in [0.5, 0.6) is 0 Å². The van der Waals surface area contributed by atoms with Gasteiger partial charge in [0.15, 0.2) is 0 Å². The van der Waals surface area contributed by atoms with E-state index in [1.807, 2.05) is 49.4 Å². The zero-order chi connectivity index (χ0) is 26.6. The highest BCUT2D eigenvalue weighted by molar-refractivity contribution is 7.99. The van der Waals surface area contributed by atoms with Crippen molar-refractivity contribution in [3.05, 3.63) is 105 Å². The molecule has 2 heterocycles. The van der Waals surface area contributed by atoms with Crippen LogP contribution < -0.4 is 10.9 Å². The molecule has 1 aliphatic rings. The smallest absolute Gasteiger partial charge is 0.295 e. The summed E-state index contributed by atoms with van der Waals surface area (Å²) in [6, 6.07) is 24.1. The minimum atomic E-state index is -0.269. The Bertz CT molecular complexity index is 1570. The number of hydrogen-bond acceptors (Lipinski definition) is 5. The van der Waals surface area contributed by atoms with Crippen molar-refractivity contribution < 1.29 is 4.79 Å². The number of aryl methyl sites for hydroxylation is 1. The van der Waals surface area contributed by atoms with E-state index in [9.17, 15) is 14.9 Å². The van der Waals surface area contributed by atoms with Crippen LogP contribution >= 0.6 is 11.8 Å². The van der Waals surface area contributed by atoms with Gasteiger partial charge in [-0.15, -0.1) is 11.8 Å². The van der Waals surface area contributed by atoms with E-state index in [1.54, 1.807) is 11.7 Å². The van der Waals surface area contributed by atoms with Crippen molar-refractivity contribution >= 4 is 23.4 Å². The Hall–Kier alpha value is -4.09. The van der Waals surface area contributed by atoms with Crippen molar-refractivity contribution in [3.8, 4) is 11.8 Å². The minimum absolute atomic E-state index is 0.198. The number of rotatable bonds is 7. The van der Waals surface area contributed by atoms with E-state index in [0.717, 1.165) is 36.2 Å². The zero-order valence-electron chi connectivity index (χ0n) is 21.5. The maximum atomic E-state index is 13.1. The molecule has 7 nitrogen and oxygen atoms in total. The fourth-order valence-corrected chi connectivity index (χ4v) is 5.92. The summed E-state index contributed by atoms with van der Waals surface area (Å²) in [7, 11) is 1.79. The van der Waals surface area contributed by atoms with E-state index in [-0.39, 0.29) is 23.6 Å². The molecule has 1 unspecified atom stereocenters. The van der Waals surface area contributed by atoms with Crippen molar-refractivity contribution in [1.82, 2.24) is 14.3 Å². The number of thioether (sulfide) groups is 1. The second kappa shape index (κ2) is 11.1. The average Bonchev–Trinajstić information content (AvgIpc) is 3.16. The number of carbonyl (C=O) groups excluding carboxylic acids is 1. The number of para-hydroxylation sites is 1. The maximum Gasteiger partial charge on any atom is 0.295 e. The van der Waals surface area contributed by atoms with E-state index in [0.29, 0.717) is 28.0 Å². The Balaban J connectivity index is 1.24. The number of amides is 1. The molecule has 1 amide bonds. The molecule has 2 aromatic carbocycles. The summed E-state index contributed by atoms with van der Waals surface area (Å²) in [5, 5.41) is 13.2. The first kappa shape index (κ1) is 25.6. The number of carbonyl (C=O) groups is 1. The molecule has 0 aliphatic heterocycles. The van der Waals surface area contributed by atoms with Gasteiger partial charge in [-0.05, 0) is 61.4 Å². The molecule has 0 saturated heterocycles. The van der Waals surface area contributed by atoms with E-state index in [2.05, 4.69) is 35.7 Å². The van der Waals surface area contributed by atoms with Gasteiger partial charge in [0.05, 0.1) is 16.9 Å². The SMILES string of the molecule is Cc1c(NC(=O)CCSc2nc3c(cc2C#N)CC(c2ccccc2)CC3)c(=O)n(-c2ccccc2)n1C. The zero-order valence-corrected chi connectivity index (χ0v) is 22.3. The van der Waals surface area contributed by atoms with Crippen LogP contribution in [-0.2, 0) is 24.7 Å².